The second kappa shape index (κ2) is 7.58. The Morgan fingerprint density at radius 3 is 2.61 bits per heavy atom. The van der Waals surface area contributed by atoms with Crippen LogP contribution in [-0.2, 0) is 11.3 Å². The monoisotopic (exact) mass is 314 g/mol. The summed E-state index contributed by atoms with van der Waals surface area (Å²) in [6.07, 6.45) is -0.575. The van der Waals surface area contributed by atoms with Crippen molar-refractivity contribution in [1.29, 1.82) is 0 Å². The summed E-state index contributed by atoms with van der Waals surface area (Å²) < 4.78 is 5.60. The number of carbonyl (C=O) groups is 1. The van der Waals surface area contributed by atoms with E-state index in [1.54, 1.807) is 6.92 Å². The Kier molecular flexibility index (Phi) is 5.51. The van der Waals surface area contributed by atoms with Crippen LogP contribution in [0.3, 0.4) is 0 Å². The van der Waals surface area contributed by atoms with Gasteiger partial charge in [-0.3, -0.25) is 4.79 Å². The van der Waals surface area contributed by atoms with Crippen LogP contribution in [0.2, 0.25) is 0 Å². The molecule has 0 aliphatic heterocycles. The highest BCUT2D eigenvalue weighted by Crippen LogP contribution is 2.11. The maximum Gasteiger partial charge on any atom is 0.261 e. The largest absolute Gasteiger partial charge is 0.481 e. The van der Waals surface area contributed by atoms with Gasteiger partial charge < -0.3 is 15.0 Å². The van der Waals surface area contributed by atoms with E-state index < -0.39 is 6.10 Å². The van der Waals surface area contributed by atoms with Gasteiger partial charge in [-0.05, 0) is 32.0 Å². The second-order valence-electron chi connectivity index (χ2n) is 5.49. The third-order valence-electron chi connectivity index (χ3n) is 3.16. The highest BCUT2D eigenvalue weighted by atomic mass is 16.5. The lowest BCUT2D eigenvalue weighted by Crippen LogP contribution is -2.36. The van der Waals surface area contributed by atoms with E-state index in [0.717, 1.165) is 11.4 Å². The van der Waals surface area contributed by atoms with Crippen LogP contribution < -0.4 is 15.0 Å². The number of amides is 1. The van der Waals surface area contributed by atoms with E-state index in [4.69, 9.17) is 4.74 Å². The van der Waals surface area contributed by atoms with Crippen LogP contribution in [0, 0.1) is 6.92 Å². The Balaban J connectivity index is 1.93. The molecule has 0 aliphatic carbocycles. The fourth-order valence-electron chi connectivity index (χ4n) is 1.99. The van der Waals surface area contributed by atoms with Crippen molar-refractivity contribution in [2.75, 3.05) is 19.0 Å². The summed E-state index contributed by atoms with van der Waals surface area (Å²) in [5.41, 5.74) is 1.63. The number of hydrogen-bond acceptors (Lipinski definition) is 5. The third kappa shape index (κ3) is 4.95. The molecule has 0 aliphatic rings. The zero-order valence-corrected chi connectivity index (χ0v) is 13.9. The van der Waals surface area contributed by atoms with Crippen molar-refractivity contribution in [3.05, 3.63) is 47.8 Å². The number of aromatic nitrogens is 2. The Morgan fingerprint density at radius 1 is 1.26 bits per heavy atom. The summed E-state index contributed by atoms with van der Waals surface area (Å²) in [5, 5.41) is 2.84. The summed E-state index contributed by atoms with van der Waals surface area (Å²) in [6, 6.07) is 11.1. The lowest BCUT2D eigenvalue weighted by Gasteiger charge is -2.15. The average Bonchev–Trinajstić information content (AvgIpc) is 2.53. The zero-order valence-electron chi connectivity index (χ0n) is 13.9. The van der Waals surface area contributed by atoms with Crippen molar-refractivity contribution >= 4 is 11.9 Å². The maximum atomic E-state index is 12.1. The second-order valence-corrected chi connectivity index (χ2v) is 5.49. The van der Waals surface area contributed by atoms with Crippen molar-refractivity contribution in [1.82, 2.24) is 15.3 Å². The number of nitrogens with one attached hydrogen (secondary N) is 1. The first kappa shape index (κ1) is 16.7. The van der Waals surface area contributed by atoms with E-state index in [-0.39, 0.29) is 5.91 Å². The van der Waals surface area contributed by atoms with E-state index in [9.17, 15) is 4.79 Å². The molecule has 1 atom stereocenters. The molecule has 2 aromatic rings. The average molecular weight is 314 g/mol. The Morgan fingerprint density at radius 2 is 1.96 bits per heavy atom. The van der Waals surface area contributed by atoms with Gasteiger partial charge >= 0.3 is 0 Å². The smallest absolute Gasteiger partial charge is 0.261 e. The van der Waals surface area contributed by atoms with Gasteiger partial charge in [-0.1, -0.05) is 18.2 Å². The van der Waals surface area contributed by atoms with Crippen molar-refractivity contribution < 1.29 is 9.53 Å². The Bertz CT molecular complexity index is 659. The number of hydrogen-bond donors (Lipinski definition) is 1. The van der Waals surface area contributed by atoms with E-state index in [0.29, 0.717) is 18.2 Å². The van der Waals surface area contributed by atoms with Crippen molar-refractivity contribution in [2.45, 2.75) is 26.5 Å². The number of nitrogens with zero attached hydrogens (tertiary/aromatic N) is 3. The molecule has 0 saturated heterocycles. The number of rotatable bonds is 6. The Labute approximate surface area is 136 Å². The standard InChI is InChI=1S/C17H22N4O2/c1-12-10-14(20-17(19-12)21(3)4)11-18-16(22)13(2)23-15-8-6-5-7-9-15/h5-10,13H,11H2,1-4H3,(H,18,22)/t13-/m1/s1. The highest BCUT2D eigenvalue weighted by Gasteiger charge is 2.14. The van der Waals surface area contributed by atoms with Gasteiger partial charge in [0.15, 0.2) is 6.10 Å². The van der Waals surface area contributed by atoms with Gasteiger partial charge in [-0.2, -0.15) is 0 Å². The molecule has 0 spiro atoms. The van der Waals surface area contributed by atoms with Crippen molar-refractivity contribution in [2.24, 2.45) is 0 Å². The van der Waals surface area contributed by atoms with Crippen LogP contribution in [0.1, 0.15) is 18.3 Å². The molecule has 0 unspecified atom stereocenters. The summed E-state index contributed by atoms with van der Waals surface area (Å²) in [5.74, 6) is 1.11. The Hall–Kier alpha value is -2.63. The number of benzene rings is 1. The molecule has 6 heteroatoms. The van der Waals surface area contributed by atoms with Gasteiger partial charge in [0, 0.05) is 19.8 Å². The van der Waals surface area contributed by atoms with E-state index in [1.807, 2.05) is 62.3 Å². The third-order valence-corrected chi connectivity index (χ3v) is 3.16. The van der Waals surface area contributed by atoms with Crippen LogP contribution in [0.4, 0.5) is 5.95 Å². The van der Waals surface area contributed by atoms with Crippen molar-refractivity contribution in [3.63, 3.8) is 0 Å². The molecule has 122 valence electrons. The maximum absolute atomic E-state index is 12.1. The van der Waals surface area contributed by atoms with Gasteiger partial charge in [0.2, 0.25) is 5.95 Å². The van der Waals surface area contributed by atoms with Gasteiger partial charge in [0.1, 0.15) is 5.75 Å². The molecular weight excluding hydrogens is 292 g/mol. The number of aryl methyl sites for hydroxylation is 1. The first-order chi connectivity index (χ1) is 11.0. The quantitative estimate of drug-likeness (QED) is 0.882. The predicted octanol–water partition coefficient (Wildman–Crippen LogP) is 1.93. The zero-order chi connectivity index (χ0) is 16.8. The molecule has 1 heterocycles. The first-order valence-corrected chi connectivity index (χ1v) is 7.47. The van der Waals surface area contributed by atoms with Gasteiger partial charge in [0.25, 0.3) is 5.91 Å². The molecule has 23 heavy (non-hydrogen) atoms. The van der Waals surface area contributed by atoms with Crippen LogP contribution in [0.25, 0.3) is 0 Å². The summed E-state index contributed by atoms with van der Waals surface area (Å²) in [6.45, 7) is 3.96. The molecule has 1 aromatic carbocycles. The molecule has 0 saturated carbocycles. The van der Waals surface area contributed by atoms with Crippen LogP contribution in [0.5, 0.6) is 5.75 Å². The molecule has 0 fully saturated rings. The summed E-state index contributed by atoms with van der Waals surface area (Å²) in [7, 11) is 3.76. The van der Waals surface area contributed by atoms with E-state index in [2.05, 4.69) is 15.3 Å². The normalized spacial score (nSPS) is 11.7. The van der Waals surface area contributed by atoms with Gasteiger partial charge in [-0.25, -0.2) is 9.97 Å². The SMILES string of the molecule is Cc1cc(CNC(=O)[C@@H](C)Oc2ccccc2)nc(N(C)C)n1. The first-order valence-electron chi connectivity index (χ1n) is 7.47. The number of ether oxygens (including phenoxy) is 1. The van der Waals surface area contributed by atoms with Crippen LogP contribution >= 0.6 is 0 Å². The number of para-hydroxylation sites is 1. The number of anilines is 1. The molecule has 1 aromatic heterocycles. The molecule has 0 bridgehead atoms. The topological polar surface area (TPSA) is 67.3 Å². The van der Waals surface area contributed by atoms with Gasteiger partial charge in [-0.15, -0.1) is 0 Å². The fraction of sp³-hybridized carbons (Fsp3) is 0.353. The number of carbonyl (C=O) groups excluding carboxylic acids is 1. The minimum Gasteiger partial charge on any atom is -0.481 e. The van der Waals surface area contributed by atoms with Gasteiger partial charge in [0.05, 0.1) is 12.2 Å². The van der Waals surface area contributed by atoms with E-state index in [1.165, 1.54) is 0 Å². The predicted molar refractivity (Wildman–Crippen MR) is 89.5 cm³/mol. The minimum absolute atomic E-state index is 0.184. The lowest BCUT2D eigenvalue weighted by atomic mass is 10.3. The highest BCUT2D eigenvalue weighted by molar-refractivity contribution is 5.80. The van der Waals surface area contributed by atoms with Crippen LogP contribution in [-0.4, -0.2) is 36.1 Å². The lowest BCUT2D eigenvalue weighted by molar-refractivity contribution is -0.127. The molecule has 1 amide bonds. The minimum atomic E-state index is -0.575. The molecule has 1 N–H and O–H groups in total. The van der Waals surface area contributed by atoms with Crippen molar-refractivity contribution in [3.8, 4) is 5.75 Å². The molecular formula is C17H22N4O2. The summed E-state index contributed by atoms with van der Waals surface area (Å²) >= 11 is 0. The summed E-state index contributed by atoms with van der Waals surface area (Å²) in [4.78, 5) is 22.7. The van der Waals surface area contributed by atoms with Crippen LogP contribution in [0.15, 0.2) is 36.4 Å². The molecule has 0 radical (unpaired) electrons. The fourth-order valence-corrected chi connectivity index (χ4v) is 1.99. The molecule has 2 rings (SSSR count). The molecule has 6 nitrogen and oxygen atoms in total. The van der Waals surface area contributed by atoms with E-state index >= 15 is 0 Å².